The van der Waals surface area contributed by atoms with Crippen LogP contribution in [0.1, 0.15) is 38.8 Å². The number of rotatable bonds is 5. The molecule has 1 atom stereocenters. The summed E-state index contributed by atoms with van der Waals surface area (Å²) in [5.41, 5.74) is 1.02. The molecule has 1 fully saturated rings. The quantitative estimate of drug-likeness (QED) is 0.741. The molecule has 1 aliphatic heterocycles. The van der Waals surface area contributed by atoms with E-state index in [1.165, 1.54) is 7.11 Å². The molecular weight excluding hydrogens is 382 g/mol. The third kappa shape index (κ3) is 4.01. The van der Waals surface area contributed by atoms with Crippen molar-refractivity contribution in [3.8, 4) is 5.75 Å². The van der Waals surface area contributed by atoms with Crippen LogP contribution in [0.3, 0.4) is 0 Å². The molecule has 4 amide bonds. The third-order valence-corrected chi connectivity index (χ3v) is 5.29. The van der Waals surface area contributed by atoms with Gasteiger partial charge >= 0.3 is 6.03 Å². The molecule has 7 nitrogen and oxygen atoms in total. The summed E-state index contributed by atoms with van der Waals surface area (Å²) < 4.78 is 5.21. The molecule has 2 N–H and O–H groups in total. The molecule has 1 unspecified atom stereocenters. The van der Waals surface area contributed by atoms with Crippen molar-refractivity contribution in [2.45, 2.75) is 38.6 Å². The fourth-order valence-electron chi connectivity index (χ4n) is 3.42. The maximum atomic E-state index is 13.1. The molecular formula is C23H27N3O4. The number of benzene rings is 2. The molecule has 0 aliphatic carbocycles. The molecule has 0 saturated carbocycles. The van der Waals surface area contributed by atoms with E-state index in [-0.39, 0.29) is 5.41 Å². The first-order valence-corrected chi connectivity index (χ1v) is 9.74. The molecule has 7 heteroatoms. The smallest absolute Gasteiger partial charge is 0.325 e. The molecule has 1 saturated heterocycles. The first-order chi connectivity index (χ1) is 14.1. The normalized spacial score (nSPS) is 18.9. The van der Waals surface area contributed by atoms with Gasteiger partial charge in [0.2, 0.25) is 5.91 Å². The van der Waals surface area contributed by atoms with Gasteiger partial charge in [0.05, 0.1) is 12.8 Å². The number of nitrogens with one attached hydrogen (secondary N) is 2. The van der Waals surface area contributed by atoms with Crippen molar-refractivity contribution >= 4 is 23.5 Å². The van der Waals surface area contributed by atoms with Gasteiger partial charge in [-0.2, -0.15) is 0 Å². The predicted octanol–water partition coefficient (Wildman–Crippen LogP) is 3.40. The van der Waals surface area contributed by atoms with Crippen molar-refractivity contribution in [1.82, 2.24) is 10.2 Å². The molecule has 3 rings (SSSR count). The average molecular weight is 409 g/mol. The fraction of sp³-hybridized carbons (Fsp3) is 0.348. The Bertz CT molecular complexity index is 979. The number of imide groups is 1. The van der Waals surface area contributed by atoms with Crippen molar-refractivity contribution in [3.05, 3.63) is 59.7 Å². The summed E-state index contributed by atoms with van der Waals surface area (Å²) in [5, 5.41) is 5.41. The molecule has 2 aromatic carbocycles. The van der Waals surface area contributed by atoms with Crippen molar-refractivity contribution in [3.63, 3.8) is 0 Å². The van der Waals surface area contributed by atoms with Gasteiger partial charge in [-0.1, -0.05) is 57.2 Å². The van der Waals surface area contributed by atoms with Gasteiger partial charge in [0, 0.05) is 0 Å². The highest BCUT2D eigenvalue weighted by atomic mass is 16.5. The van der Waals surface area contributed by atoms with Crippen LogP contribution in [-0.2, 0) is 20.5 Å². The number of anilines is 1. The number of hydrogen-bond donors (Lipinski definition) is 2. The Hall–Kier alpha value is -3.35. The summed E-state index contributed by atoms with van der Waals surface area (Å²) in [6, 6.07) is 13.9. The van der Waals surface area contributed by atoms with E-state index in [9.17, 15) is 14.4 Å². The number of ether oxygens (including phenoxy) is 1. The van der Waals surface area contributed by atoms with E-state index < -0.39 is 29.9 Å². The number of hydrogen-bond acceptors (Lipinski definition) is 4. The van der Waals surface area contributed by atoms with Gasteiger partial charge in [-0.15, -0.1) is 0 Å². The lowest BCUT2D eigenvalue weighted by atomic mass is 9.84. The zero-order valence-electron chi connectivity index (χ0n) is 17.9. The molecule has 158 valence electrons. The second-order valence-electron chi connectivity index (χ2n) is 8.52. The lowest BCUT2D eigenvalue weighted by Gasteiger charge is -2.24. The maximum Gasteiger partial charge on any atom is 0.325 e. The van der Waals surface area contributed by atoms with Crippen LogP contribution in [0.25, 0.3) is 0 Å². The van der Waals surface area contributed by atoms with Crippen LogP contribution in [0.4, 0.5) is 10.5 Å². The van der Waals surface area contributed by atoms with Crippen molar-refractivity contribution in [2.75, 3.05) is 19.0 Å². The molecule has 30 heavy (non-hydrogen) atoms. The molecule has 0 radical (unpaired) electrons. The lowest BCUT2D eigenvalue weighted by molar-refractivity contribution is -0.133. The SMILES string of the molecule is COc1ccccc1NC(=O)CN1C(=O)NC(C)(c2ccc(C(C)(C)C)cc2)C1=O. The summed E-state index contributed by atoms with van der Waals surface area (Å²) in [5.74, 6) is -0.464. The summed E-state index contributed by atoms with van der Waals surface area (Å²) >= 11 is 0. The first kappa shape index (κ1) is 21.4. The van der Waals surface area contributed by atoms with Gasteiger partial charge in [-0.25, -0.2) is 4.79 Å². The standard InChI is InChI=1S/C23H27N3O4/c1-22(2,3)15-10-12-16(13-11-15)23(4)20(28)26(21(29)25-23)14-19(27)24-17-8-6-7-9-18(17)30-5/h6-13H,14H2,1-5H3,(H,24,27)(H,25,29). The second-order valence-corrected chi connectivity index (χ2v) is 8.52. The number of para-hydroxylation sites is 2. The molecule has 0 bridgehead atoms. The predicted molar refractivity (Wildman–Crippen MR) is 114 cm³/mol. The van der Waals surface area contributed by atoms with Crippen molar-refractivity contribution in [1.29, 1.82) is 0 Å². The van der Waals surface area contributed by atoms with Gasteiger partial charge in [0.25, 0.3) is 5.91 Å². The van der Waals surface area contributed by atoms with Crippen LogP contribution in [0.5, 0.6) is 5.75 Å². The zero-order chi connectivity index (χ0) is 22.1. The van der Waals surface area contributed by atoms with Crippen LogP contribution in [-0.4, -0.2) is 36.4 Å². The minimum Gasteiger partial charge on any atom is -0.495 e. The molecule has 0 spiro atoms. The maximum absolute atomic E-state index is 13.1. The zero-order valence-corrected chi connectivity index (χ0v) is 17.9. The molecule has 2 aromatic rings. The van der Waals surface area contributed by atoms with Crippen molar-refractivity contribution in [2.24, 2.45) is 0 Å². The summed E-state index contributed by atoms with van der Waals surface area (Å²) in [7, 11) is 1.50. The molecule has 0 aromatic heterocycles. The number of urea groups is 1. The molecule has 1 aliphatic rings. The Morgan fingerprint density at radius 3 is 2.33 bits per heavy atom. The minimum absolute atomic E-state index is 0.0228. The van der Waals surface area contributed by atoms with Crippen LogP contribution in [0, 0.1) is 0 Å². The van der Waals surface area contributed by atoms with E-state index in [0.29, 0.717) is 17.0 Å². The summed E-state index contributed by atoms with van der Waals surface area (Å²) in [6.07, 6.45) is 0. The Balaban J connectivity index is 1.76. The largest absolute Gasteiger partial charge is 0.495 e. The van der Waals surface area contributed by atoms with E-state index in [1.54, 1.807) is 31.2 Å². The number of carbonyl (C=O) groups is 3. The Kier molecular flexibility index (Phi) is 5.57. The van der Waals surface area contributed by atoms with Crippen LogP contribution in [0.2, 0.25) is 0 Å². The van der Waals surface area contributed by atoms with Gasteiger partial charge in [-0.05, 0) is 35.6 Å². The minimum atomic E-state index is -1.22. The Labute approximate surface area is 176 Å². The summed E-state index contributed by atoms with van der Waals surface area (Å²) in [4.78, 5) is 39.0. The van der Waals surface area contributed by atoms with Crippen LogP contribution >= 0.6 is 0 Å². The van der Waals surface area contributed by atoms with E-state index in [2.05, 4.69) is 31.4 Å². The topological polar surface area (TPSA) is 87.7 Å². The van der Waals surface area contributed by atoms with E-state index in [0.717, 1.165) is 10.5 Å². The highest BCUT2D eigenvalue weighted by molar-refractivity contribution is 6.10. The number of amides is 4. The van der Waals surface area contributed by atoms with Crippen LogP contribution in [0.15, 0.2) is 48.5 Å². The van der Waals surface area contributed by atoms with Gasteiger partial charge in [-0.3, -0.25) is 14.5 Å². The average Bonchev–Trinajstić information content (AvgIpc) is 2.92. The van der Waals surface area contributed by atoms with E-state index in [1.807, 2.05) is 24.3 Å². The number of nitrogens with zero attached hydrogens (tertiary/aromatic N) is 1. The highest BCUT2D eigenvalue weighted by Crippen LogP contribution is 2.31. The Morgan fingerprint density at radius 2 is 1.73 bits per heavy atom. The van der Waals surface area contributed by atoms with Gasteiger partial charge < -0.3 is 15.4 Å². The molecule has 1 heterocycles. The van der Waals surface area contributed by atoms with E-state index >= 15 is 0 Å². The Morgan fingerprint density at radius 1 is 1.10 bits per heavy atom. The first-order valence-electron chi connectivity index (χ1n) is 9.74. The lowest BCUT2D eigenvalue weighted by Crippen LogP contribution is -2.42. The van der Waals surface area contributed by atoms with Crippen molar-refractivity contribution < 1.29 is 19.1 Å². The third-order valence-electron chi connectivity index (χ3n) is 5.29. The number of carbonyl (C=O) groups excluding carboxylic acids is 3. The summed E-state index contributed by atoms with van der Waals surface area (Å²) in [6.45, 7) is 7.58. The highest BCUT2D eigenvalue weighted by Gasteiger charge is 2.49. The number of methoxy groups -OCH3 is 1. The van der Waals surface area contributed by atoms with Gasteiger partial charge in [0.15, 0.2) is 0 Å². The fourth-order valence-corrected chi connectivity index (χ4v) is 3.42. The second kappa shape index (κ2) is 7.82. The monoisotopic (exact) mass is 409 g/mol. The van der Waals surface area contributed by atoms with Crippen LogP contribution < -0.4 is 15.4 Å². The van der Waals surface area contributed by atoms with E-state index in [4.69, 9.17) is 4.74 Å². The van der Waals surface area contributed by atoms with Gasteiger partial charge in [0.1, 0.15) is 17.8 Å².